The summed E-state index contributed by atoms with van der Waals surface area (Å²) in [6, 6.07) is 7.56. The highest BCUT2D eigenvalue weighted by molar-refractivity contribution is 6.32. The van der Waals surface area contributed by atoms with Gasteiger partial charge in [0.1, 0.15) is 10.6 Å². The molecule has 0 aliphatic heterocycles. The molecule has 1 fully saturated rings. The number of rotatable bonds is 2. The van der Waals surface area contributed by atoms with Crippen LogP contribution in [0.1, 0.15) is 48.0 Å². The monoisotopic (exact) mass is 329 g/mol. The molecule has 4 nitrogen and oxygen atoms in total. The van der Waals surface area contributed by atoms with E-state index in [-0.39, 0.29) is 11.1 Å². The number of aryl methyl sites for hydroxylation is 1. The standard InChI is InChI=1S/C18H20ClN3O/c1-13-9-11-22(18(23)15-8-5-10-20-17(15)19)16(12-13)21-14-6-3-2-4-7-14/h5,8-12,14H,2-4,6-7H2,1H3. The summed E-state index contributed by atoms with van der Waals surface area (Å²) in [4.78, 5) is 21.6. The zero-order chi connectivity index (χ0) is 16.2. The Bertz CT molecular complexity index is 776. The lowest BCUT2D eigenvalue weighted by Crippen LogP contribution is -2.30. The molecular formula is C18H20ClN3O. The second kappa shape index (κ2) is 7.09. The lowest BCUT2D eigenvalue weighted by molar-refractivity contribution is 0.0954. The Kier molecular flexibility index (Phi) is 4.91. The van der Waals surface area contributed by atoms with Crippen LogP contribution in [0.15, 0.2) is 41.7 Å². The van der Waals surface area contributed by atoms with Gasteiger partial charge in [-0.1, -0.05) is 30.9 Å². The van der Waals surface area contributed by atoms with Crippen LogP contribution in [0.4, 0.5) is 0 Å². The molecule has 0 bridgehead atoms. The number of halogens is 1. The predicted octanol–water partition coefficient (Wildman–Crippen LogP) is 3.77. The molecule has 0 saturated heterocycles. The van der Waals surface area contributed by atoms with E-state index >= 15 is 0 Å². The molecule has 120 valence electrons. The van der Waals surface area contributed by atoms with Crippen LogP contribution in [0, 0.1) is 6.92 Å². The topological polar surface area (TPSA) is 47.2 Å². The smallest absolute Gasteiger partial charge is 0.266 e. The second-order valence-electron chi connectivity index (χ2n) is 6.00. The van der Waals surface area contributed by atoms with Crippen LogP contribution in [0.5, 0.6) is 0 Å². The first-order valence-corrected chi connectivity index (χ1v) is 8.41. The largest absolute Gasteiger partial charge is 0.268 e. The first-order valence-electron chi connectivity index (χ1n) is 8.03. The van der Waals surface area contributed by atoms with Crippen molar-refractivity contribution in [3.63, 3.8) is 0 Å². The Morgan fingerprint density at radius 1 is 1.30 bits per heavy atom. The zero-order valence-corrected chi connectivity index (χ0v) is 14.0. The van der Waals surface area contributed by atoms with Crippen LogP contribution in [-0.2, 0) is 0 Å². The molecule has 2 aromatic heterocycles. The molecule has 1 aliphatic carbocycles. The van der Waals surface area contributed by atoms with E-state index in [1.54, 1.807) is 29.1 Å². The van der Waals surface area contributed by atoms with Gasteiger partial charge in [0.15, 0.2) is 0 Å². The molecule has 23 heavy (non-hydrogen) atoms. The van der Waals surface area contributed by atoms with Crippen molar-refractivity contribution in [1.82, 2.24) is 9.55 Å². The minimum Gasteiger partial charge on any atom is -0.268 e. The highest BCUT2D eigenvalue weighted by atomic mass is 35.5. The summed E-state index contributed by atoms with van der Waals surface area (Å²) < 4.78 is 1.57. The van der Waals surface area contributed by atoms with E-state index in [4.69, 9.17) is 16.6 Å². The Labute approximate surface area is 140 Å². The molecule has 0 N–H and O–H groups in total. The maximum atomic E-state index is 12.8. The van der Waals surface area contributed by atoms with Crippen molar-refractivity contribution in [1.29, 1.82) is 0 Å². The summed E-state index contributed by atoms with van der Waals surface area (Å²) in [6.45, 7) is 2.01. The van der Waals surface area contributed by atoms with E-state index in [0.29, 0.717) is 17.1 Å². The van der Waals surface area contributed by atoms with Gasteiger partial charge in [0.2, 0.25) is 0 Å². The Morgan fingerprint density at radius 2 is 2.09 bits per heavy atom. The molecule has 0 radical (unpaired) electrons. The zero-order valence-electron chi connectivity index (χ0n) is 13.2. The molecule has 1 saturated carbocycles. The summed E-state index contributed by atoms with van der Waals surface area (Å²) in [7, 11) is 0. The number of pyridine rings is 2. The molecule has 3 rings (SSSR count). The Morgan fingerprint density at radius 3 is 2.83 bits per heavy atom. The van der Waals surface area contributed by atoms with Crippen LogP contribution >= 0.6 is 11.6 Å². The van der Waals surface area contributed by atoms with Crippen molar-refractivity contribution in [3.05, 3.63) is 58.4 Å². The molecular weight excluding hydrogens is 310 g/mol. The van der Waals surface area contributed by atoms with Crippen molar-refractivity contribution in [2.45, 2.75) is 45.1 Å². The van der Waals surface area contributed by atoms with Gasteiger partial charge < -0.3 is 0 Å². The van der Waals surface area contributed by atoms with Gasteiger partial charge in [0.25, 0.3) is 5.91 Å². The minimum absolute atomic E-state index is 0.197. The van der Waals surface area contributed by atoms with E-state index in [2.05, 4.69) is 4.98 Å². The molecule has 0 amide bonds. The van der Waals surface area contributed by atoms with Crippen LogP contribution < -0.4 is 5.49 Å². The van der Waals surface area contributed by atoms with E-state index < -0.39 is 0 Å². The van der Waals surface area contributed by atoms with E-state index in [9.17, 15) is 4.79 Å². The average Bonchev–Trinajstić information content (AvgIpc) is 2.56. The fraction of sp³-hybridized carbons (Fsp3) is 0.389. The van der Waals surface area contributed by atoms with Gasteiger partial charge in [-0.3, -0.25) is 14.4 Å². The van der Waals surface area contributed by atoms with Gasteiger partial charge in [-0.05, 0) is 49.6 Å². The second-order valence-corrected chi connectivity index (χ2v) is 6.36. The van der Waals surface area contributed by atoms with Crippen molar-refractivity contribution in [3.8, 4) is 0 Å². The van der Waals surface area contributed by atoms with Gasteiger partial charge in [0, 0.05) is 12.4 Å². The summed E-state index contributed by atoms with van der Waals surface area (Å²) in [6.07, 6.45) is 9.23. The molecule has 0 unspecified atom stereocenters. The fourth-order valence-electron chi connectivity index (χ4n) is 2.93. The van der Waals surface area contributed by atoms with Crippen LogP contribution in [0.25, 0.3) is 0 Å². The lowest BCUT2D eigenvalue weighted by Gasteiger charge is -2.18. The van der Waals surface area contributed by atoms with Gasteiger partial charge in [-0.2, -0.15) is 0 Å². The van der Waals surface area contributed by atoms with Gasteiger partial charge in [-0.15, -0.1) is 0 Å². The molecule has 0 atom stereocenters. The van der Waals surface area contributed by atoms with Crippen molar-refractivity contribution < 1.29 is 4.79 Å². The molecule has 2 aromatic rings. The van der Waals surface area contributed by atoms with Gasteiger partial charge >= 0.3 is 0 Å². The minimum atomic E-state index is -0.197. The lowest BCUT2D eigenvalue weighted by atomic mass is 9.96. The van der Waals surface area contributed by atoms with Crippen LogP contribution in [0.2, 0.25) is 5.15 Å². The highest BCUT2D eigenvalue weighted by Crippen LogP contribution is 2.20. The first kappa shape index (κ1) is 15.9. The van der Waals surface area contributed by atoms with Crippen molar-refractivity contribution in [2.75, 3.05) is 0 Å². The van der Waals surface area contributed by atoms with Crippen LogP contribution in [-0.4, -0.2) is 21.5 Å². The fourth-order valence-corrected chi connectivity index (χ4v) is 3.13. The predicted molar refractivity (Wildman–Crippen MR) is 90.6 cm³/mol. The third-order valence-electron chi connectivity index (χ3n) is 4.19. The Hall–Kier alpha value is -1.94. The molecule has 1 aliphatic rings. The summed E-state index contributed by atoms with van der Waals surface area (Å²) in [5.74, 6) is -0.197. The number of aromatic nitrogens is 2. The number of nitrogens with zero attached hydrogens (tertiary/aromatic N) is 3. The normalized spacial score (nSPS) is 16.5. The third-order valence-corrected chi connectivity index (χ3v) is 4.49. The average molecular weight is 330 g/mol. The molecule has 5 heteroatoms. The van der Waals surface area contributed by atoms with Gasteiger partial charge in [-0.25, -0.2) is 4.98 Å². The van der Waals surface area contributed by atoms with E-state index in [1.165, 1.54) is 19.3 Å². The molecule has 0 aromatic carbocycles. The van der Waals surface area contributed by atoms with Gasteiger partial charge in [0.05, 0.1) is 11.6 Å². The number of hydrogen-bond acceptors (Lipinski definition) is 3. The Balaban J connectivity index is 2.04. The van der Waals surface area contributed by atoms with E-state index in [0.717, 1.165) is 18.4 Å². The number of hydrogen-bond donors (Lipinski definition) is 0. The van der Waals surface area contributed by atoms with Crippen LogP contribution in [0.3, 0.4) is 0 Å². The number of carbonyl (C=O) groups is 1. The quantitative estimate of drug-likeness (QED) is 0.787. The maximum Gasteiger partial charge on any atom is 0.266 e. The SMILES string of the molecule is Cc1ccn(C(=O)c2cccnc2Cl)c(=NC2CCCCC2)c1. The van der Waals surface area contributed by atoms with Crippen molar-refractivity contribution in [2.24, 2.45) is 4.99 Å². The maximum absolute atomic E-state index is 12.8. The summed E-state index contributed by atoms with van der Waals surface area (Å²) in [5, 5.41) is 0.217. The van der Waals surface area contributed by atoms with E-state index in [1.807, 2.05) is 19.1 Å². The summed E-state index contributed by atoms with van der Waals surface area (Å²) >= 11 is 6.07. The third kappa shape index (κ3) is 3.70. The number of carbonyl (C=O) groups excluding carboxylic acids is 1. The molecule has 0 spiro atoms. The molecule has 2 heterocycles. The summed E-state index contributed by atoms with van der Waals surface area (Å²) in [5.41, 5.74) is 2.17. The first-order chi connectivity index (χ1) is 11.1. The van der Waals surface area contributed by atoms with Crippen molar-refractivity contribution >= 4 is 17.5 Å². The highest BCUT2D eigenvalue weighted by Gasteiger charge is 2.16.